The van der Waals surface area contributed by atoms with Crippen LogP contribution in [0, 0.1) is 11.8 Å². The van der Waals surface area contributed by atoms with Gasteiger partial charge in [-0.3, -0.25) is 0 Å². The normalized spacial score (nSPS) is 10.1. The van der Waals surface area contributed by atoms with Gasteiger partial charge in [0.15, 0.2) is 0 Å². The first kappa shape index (κ1) is 15.2. The zero-order chi connectivity index (χ0) is 15.1. The van der Waals surface area contributed by atoms with Crippen molar-refractivity contribution in [2.24, 2.45) is 0 Å². The Kier molecular flexibility index (Phi) is 5.43. The van der Waals surface area contributed by atoms with Crippen LogP contribution in [0.5, 0.6) is 5.75 Å². The average Bonchev–Trinajstić information content (AvgIpc) is 2.52. The van der Waals surface area contributed by atoms with Gasteiger partial charge in [-0.05, 0) is 29.2 Å². The monoisotopic (exact) mass is 280 g/mol. The highest BCUT2D eigenvalue weighted by Gasteiger charge is 2.02. The van der Waals surface area contributed by atoms with Crippen LogP contribution >= 0.6 is 0 Å². The van der Waals surface area contributed by atoms with E-state index in [0.717, 1.165) is 16.9 Å². The smallest absolute Gasteiger partial charge is 0.135 e. The van der Waals surface area contributed by atoms with Crippen LogP contribution < -0.4 is 4.74 Å². The molecule has 0 heterocycles. The Morgan fingerprint density at radius 2 is 1.76 bits per heavy atom. The summed E-state index contributed by atoms with van der Waals surface area (Å²) in [4.78, 5) is 0. The maximum absolute atomic E-state index is 8.78. The van der Waals surface area contributed by atoms with Gasteiger partial charge in [-0.25, -0.2) is 0 Å². The first-order valence-corrected chi connectivity index (χ1v) is 7.11. The summed E-state index contributed by atoms with van der Waals surface area (Å²) in [6, 6.07) is 16.1. The molecule has 2 heteroatoms. The molecule has 0 bridgehead atoms. The molecule has 0 fully saturated rings. The molecular formula is C19H20O2. The number of benzene rings is 2. The molecule has 0 aromatic heterocycles. The number of hydrogen-bond acceptors (Lipinski definition) is 2. The molecule has 21 heavy (non-hydrogen) atoms. The third-order valence-corrected chi connectivity index (χ3v) is 3.23. The van der Waals surface area contributed by atoms with E-state index < -0.39 is 0 Å². The molecule has 0 atom stereocenters. The Morgan fingerprint density at radius 3 is 2.43 bits per heavy atom. The zero-order valence-electron chi connectivity index (χ0n) is 12.5. The second kappa shape index (κ2) is 7.52. The van der Waals surface area contributed by atoms with E-state index >= 15 is 0 Å². The van der Waals surface area contributed by atoms with Crippen LogP contribution in [0.25, 0.3) is 0 Å². The number of aliphatic hydroxyl groups excluding tert-OH is 1. The fraction of sp³-hybridized carbons (Fsp3) is 0.263. The van der Waals surface area contributed by atoms with E-state index in [1.54, 1.807) is 0 Å². The minimum atomic E-state index is -0.148. The van der Waals surface area contributed by atoms with Gasteiger partial charge < -0.3 is 9.84 Å². The molecule has 0 spiro atoms. The van der Waals surface area contributed by atoms with Crippen LogP contribution in [0.2, 0.25) is 0 Å². The fourth-order valence-corrected chi connectivity index (χ4v) is 1.99. The Bertz CT molecular complexity index is 631. The molecule has 0 aliphatic rings. The molecule has 2 nitrogen and oxygen atoms in total. The number of aliphatic hydroxyl groups is 1. The Balaban J connectivity index is 2.06. The van der Waals surface area contributed by atoms with E-state index in [0.29, 0.717) is 12.5 Å². The largest absolute Gasteiger partial charge is 0.488 e. The molecule has 0 radical (unpaired) electrons. The highest BCUT2D eigenvalue weighted by Crippen LogP contribution is 2.19. The van der Waals surface area contributed by atoms with Gasteiger partial charge in [-0.15, -0.1) is 0 Å². The number of para-hydroxylation sites is 1. The van der Waals surface area contributed by atoms with Crippen molar-refractivity contribution < 1.29 is 9.84 Å². The van der Waals surface area contributed by atoms with Gasteiger partial charge in [0.05, 0.1) is 5.56 Å². The van der Waals surface area contributed by atoms with Gasteiger partial charge in [-0.2, -0.15) is 0 Å². The van der Waals surface area contributed by atoms with Crippen LogP contribution in [0.1, 0.15) is 36.5 Å². The molecule has 0 saturated carbocycles. The van der Waals surface area contributed by atoms with Crippen molar-refractivity contribution in [3.05, 3.63) is 65.2 Å². The van der Waals surface area contributed by atoms with E-state index in [1.807, 2.05) is 24.3 Å². The van der Waals surface area contributed by atoms with Gasteiger partial charge in [0.2, 0.25) is 0 Å². The van der Waals surface area contributed by atoms with Crippen molar-refractivity contribution in [1.29, 1.82) is 0 Å². The Labute approximate surface area is 126 Å². The zero-order valence-corrected chi connectivity index (χ0v) is 12.5. The Morgan fingerprint density at radius 1 is 1.05 bits per heavy atom. The minimum absolute atomic E-state index is 0.148. The fourth-order valence-electron chi connectivity index (χ4n) is 1.99. The summed E-state index contributed by atoms with van der Waals surface area (Å²) < 4.78 is 5.84. The summed E-state index contributed by atoms with van der Waals surface area (Å²) in [5.41, 5.74) is 3.25. The Hall–Kier alpha value is -2.24. The quantitative estimate of drug-likeness (QED) is 0.865. The third kappa shape index (κ3) is 4.37. The molecule has 2 rings (SSSR count). The third-order valence-electron chi connectivity index (χ3n) is 3.23. The van der Waals surface area contributed by atoms with Crippen molar-refractivity contribution in [2.75, 3.05) is 6.61 Å². The lowest BCUT2D eigenvalue weighted by atomic mass is 10.0. The molecule has 0 amide bonds. The van der Waals surface area contributed by atoms with Gasteiger partial charge in [0.1, 0.15) is 19.0 Å². The molecular weight excluding hydrogens is 260 g/mol. The van der Waals surface area contributed by atoms with Gasteiger partial charge in [0, 0.05) is 0 Å². The summed E-state index contributed by atoms with van der Waals surface area (Å²) in [5.74, 6) is 6.83. The number of ether oxygens (including phenoxy) is 1. The van der Waals surface area contributed by atoms with Crippen LogP contribution in [0.4, 0.5) is 0 Å². The van der Waals surface area contributed by atoms with Gasteiger partial charge in [-0.1, -0.05) is 62.1 Å². The first-order chi connectivity index (χ1) is 10.2. The SMILES string of the molecule is CC(C)c1ccc(COc2ccccc2C#CCO)cc1. The molecule has 108 valence electrons. The number of hydrogen-bond donors (Lipinski definition) is 1. The van der Waals surface area contributed by atoms with Gasteiger partial charge in [0.25, 0.3) is 0 Å². The number of rotatable bonds is 4. The molecule has 0 aliphatic heterocycles. The molecule has 2 aromatic rings. The molecule has 2 aromatic carbocycles. The van der Waals surface area contributed by atoms with Crippen molar-refractivity contribution in [3.63, 3.8) is 0 Å². The van der Waals surface area contributed by atoms with E-state index in [-0.39, 0.29) is 6.61 Å². The topological polar surface area (TPSA) is 29.5 Å². The van der Waals surface area contributed by atoms with Crippen LogP contribution in [0.3, 0.4) is 0 Å². The molecule has 1 N–H and O–H groups in total. The van der Waals surface area contributed by atoms with E-state index in [2.05, 4.69) is 50.0 Å². The highest BCUT2D eigenvalue weighted by atomic mass is 16.5. The maximum atomic E-state index is 8.78. The summed E-state index contributed by atoms with van der Waals surface area (Å²) in [5, 5.41) is 8.78. The van der Waals surface area contributed by atoms with Crippen molar-refractivity contribution in [3.8, 4) is 17.6 Å². The minimum Gasteiger partial charge on any atom is -0.488 e. The van der Waals surface area contributed by atoms with Crippen molar-refractivity contribution in [2.45, 2.75) is 26.4 Å². The predicted molar refractivity (Wildman–Crippen MR) is 85.3 cm³/mol. The van der Waals surface area contributed by atoms with Crippen LogP contribution in [-0.2, 0) is 6.61 Å². The van der Waals surface area contributed by atoms with E-state index in [9.17, 15) is 0 Å². The summed E-state index contributed by atoms with van der Waals surface area (Å²) in [6.45, 7) is 4.73. The summed E-state index contributed by atoms with van der Waals surface area (Å²) >= 11 is 0. The van der Waals surface area contributed by atoms with Gasteiger partial charge >= 0.3 is 0 Å². The molecule has 0 aliphatic carbocycles. The van der Waals surface area contributed by atoms with E-state index in [1.165, 1.54) is 5.56 Å². The lowest BCUT2D eigenvalue weighted by Gasteiger charge is -2.10. The molecule has 0 unspecified atom stereocenters. The van der Waals surface area contributed by atoms with Crippen LogP contribution in [0.15, 0.2) is 48.5 Å². The first-order valence-electron chi connectivity index (χ1n) is 7.11. The molecule has 0 saturated heterocycles. The second-order valence-corrected chi connectivity index (χ2v) is 5.14. The second-order valence-electron chi connectivity index (χ2n) is 5.14. The van der Waals surface area contributed by atoms with E-state index in [4.69, 9.17) is 9.84 Å². The highest BCUT2D eigenvalue weighted by molar-refractivity contribution is 5.46. The van der Waals surface area contributed by atoms with Crippen molar-refractivity contribution in [1.82, 2.24) is 0 Å². The summed E-state index contributed by atoms with van der Waals surface area (Å²) in [6.07, 6.45) is 0. The summed E-state index contributed by atoms with van der Waals surface area (Å²) in [7, 11) is 0. The maximum Gasteiger partial charge on any atom is 0.135 e. The van der Waals surface area contributed by atoms with Crippen LogP contribution in [-0.4, -0.2) is 11.7 Å². The lowest BCUT2D eigenvalue weighted by molar-refractivity contribution is 0.305. The lowest BCUT2D eigenvalue weighted by Crippen LogP contribution is -1.98. The standard InChI is InChI=1S/C19H20O2/c1-15(2)17-11-9-16(10-12-17)14-21-19-8-4-3-6-18(19)7-5-13-20/h3-4,6,8-12,15,20H,13-14H2,1-2H3. The van der Waals surface area contributed by atoms with Crippen molar-refractivity contribution >= 4 is 0 Å². The predicted octanol–water partition coefficient (Wildman–Crippen LogP) is 3.73. The average molecular weight is 280 g/mol.